The Balaban J connectivity index is 1.35. The molecule has 4 saturated heterocycles. The third-order valence-electron chi connectivity index (χ3n) is 8.99. The van der Waals surface area contributed by atoms with Gasteiger partial charge >= 0.3 is 11.9 Å². The smallest absolute Gasteiger partial charge is 0.325 e. The molecule has 4 aliphatic heterocycles. The summed E-state index contributed by atoms with van der Waals surface area (Å²) < 4.78 is 18.3. The van der Waals surface area contributed by atoms with Crippen LogP contribution in [0, 0.1) is 29.6 Å². The highest BCUT2D eigenvalue weighted by Gasteiger charge is 2.69. The van der Waals surface area contributed by atoms with Crippen molar-refractivity contribution in [1.29, 1.82) is 0 Å². The molecule has 10 atom stereocenters. The van der Waals surface area contributed by atoms with Gasteiger partial charge in [0.2, 0.25) is 23.9 Å². The molecule has 226 valence electrons. The van der Waals surface area contributed by atoms with Gasteiger partial charge in [-0.25, -0.2) is 9.78 Å². The molecule has 0 unspecified atom stereocenters. The van der Waals surface area contributed by atoms with Crippen LogP contribution in [0.3, 0.4) is 0 Å². The summed E-state index contributed by atoms with van der Waals surface area (Å²) in [6.45, 7) is 11.1. The number of amides is 2. The van der Waals surface area contributed by atoms with Crippen LogP contribution in [0.2, 0.25) is 0 Å². The summed E-state index contributed by atoms with van der Waals surface area (Å²) >= 11 is 0. The van der Waals surface area contributed by atoms with E-state index in [1.54, 1.807) is 0 Å². The molecule has 1 aliphatic carbocycles. The average molecular weight is 569 g/mol. The number of fused-ring (bicyclic) bond motifs is 2. The molecule has 0 aromatic carbocycles. The summed E-state index contributed by atoms with van der Waals surface area (Å²) in [6, 6.07) is -2.02. The monoisotopic (exact) mass is 568 g/mol. The van der Waals surface area contributed by atoms with Crippen LogP contribution < -0.4 is 10.6 Å². The van der Waals surface area contributed by atoms with E-state index < -0.39 is 59.8 Å². The van der Waals surface area contributed by atoms with Crippen molar-refractivity contribution in [1.82, 2.24) is 10.6 Å². The summed E-state index contributed by atoms with van der Waals surface area (Å²) in [7, 11) is 0. The molecule has 1 saturated carbocycles. The first-order valence-electron chi connectivity index (χ1n) is 14.5. The Morgan fingerprint density at radius 2 is 1.73 bits per heavy atom. The average Bonchev–Trinajstić information content (AvgIpc) is 3.10. The van der Waals surface area contributed by atoms with Crippen molar-refractivity contribution in [2.24, 2.45) is 29.6 Å². The van der Waals surface area contributed by atoms with Gasteiger partial charge in [0, 0.05) is 24.7 Å². The Hall–Kier alpha value is -2.28. The van der Waals surface area contributed by atoms with Crippen molar-refractivity contribution >= 4 is 23.8 Å². The van der Waals surface area contributed by atoms with E-state index in [2.05, 4.69) is 17.6 Å². The summed E-state index contributed by atoms with van der Waals surface area (Å²) in [5, 5.41) is 14.1. The number of carbonyl (C=O) groups is 4. The second-order valence-electron chi connectivity index (χ2n) is 12.6. The zero-order chi connectivity index (χ0) is 29.4. The summed E-state index contributed by atoms with van der Waals surface area (Å²) in [5.74, 6) is -3.33. The first-order valence-corrected chi connectivity index (χ1v) is 14.5. The van der Waals surface area contributed by atoms with Gasteiger partial charge in [-0.05, 0) is 57.3 Å². The highest BCUT2D eigenvalue weighted by molar-refractivity contribution is 5.91. The van der Waals surface area contributed by atoms with E-state index in [1.807, 2.05) is 27.7 Å². The van der Waals surface area contributed by atoms with Crippen LogP contribution in [0.25, 0.3) is 0 Å². The summed E-state index contributed by atoms with van der Waals surface area (Å²) in [4.78, 5) is 61.0. The lowest BCUT2D eigenvalue weighted by Gasteiger charge is -2.59. The van der Waals surface area contributed by atoms with Gasteiger partial charge in [-0.1, -0.05) is 27.7 Å². The third-order valence-corrected chi connectivity index (χ3v) is 8.99. The molecule has 5 fully saturated rings. The number of aliphatic carboxylic acids is 1. The van der Waals surface area contributed by atoms with Crippen LogP contribution >= 0.6 is 0 Å². The zero-order valence-corrected chi connectivity index (χ0v) is 24.3. The van der Waals surface area contributed by atoms with Crippen LogP contribution in [0.1, 0.15) is 86.5 Å². The number of hydrogen-bond donors (Lipinski definition) is 3. The molecule has 40 heavy (non-hydrogen) atoms. The second-order valence-corrected chi connectivity index (χ2v) is 12.6. The Morgan fingerprint density at radius 3 is 2.40 bits per heavy atom. The van der Waals surface area contributed by atoms with E-state index in [9.17, 15) is 19.2 Å². The molecule has 5 rings (SSSR count). The third kappa shape index (κ3) is 6.14. The fraction of sp³-hybridized carbons (Fsp3) is 0.857. The number of carboxylic acids is 1. The molecule has 0 radical (unpaired) electrons. The molecule has 0 aromatic rings. The van der Waals surface area contributed by atoms with Gasteiger partial charge in [-0.3, -0.25) is 19.2 Å². The number of ether oxygens (including phenoxy) is 3. The van der Waals surface area contributed by atoms with Gasteiger partial charge in [0.1, 0.15) is 12.1 Å². The number of carbonyl (C=O) groups excluding carboxylic acids is 3. The van der Waals surface area contributed by atoms with Gasteiger partial charge in [0.25, 0.3) is 0 Å². The van der Waals surface area contributed by atoms with E-state index in [-0.39, 0.29) is 36.5 Å². The largest absolute Gasteiger partial charge is 0.480 e. The maximum Gasteiger partial charge on any atom is 0.325 e. The van der Waals surface area contributed by atoms with E-state index in [0.29, 0.717) is 18.8 Å². The van der Waals surface area contributed by atoms with Gasteiger partial charge in [-0.15, -0.1) is 0 Å². The maximum absolute atomic E-state index is 12.8. The lowest BCUT2D eigenvalue weighted by Crippen LogP contribution is -2.70. The highest BCUT2D eigenvalue weighted by Crippen LogP contribution is 2.60. The molecular formula is C28H44N2O10. The Morgan fingerprint density at radius 1 is 1.00 bits per heavy atom. The Bertz CT molecular complexity index is 990. The number of carboxylic acid groups (broad SMARTS) is 1. The zero-order valence-electron chi connectivity index (χ0n) is 24.3. The first-order chi connectivity index (χ1) is 18.8. The molecule has 5 aliphatic rings. The predicted molar refractivity (Wildman–Crippen MR) is 139 cm³/mol. The number of nitrogens with one attached hydrogen (secondary N) is 2. The lowest BCUT2D eigenvalue weighted by atomic mass is 9.58. The van der Waals surface area contributed by atoms with Crippen molar-refractivity contribution in [3.8, 4) is 0 Å². The Labute approximate surface area is 235 Å². The van der Waals surface area contributed by atoms with Crippen LogP contribution in [0.5, 0.6) is 0 Å². The van der Waals surface area contributed by atoms with Gasteiger partial charge in [-0.2, -0.15) is 0 Å². The van der Waals surface area contributed by atoms with Crippen molar-refractivity contribution in [2.75, 3.05) is 0 Å². The number of rotatable bonds is 10. The van der Waals surface area contributed by atoms with Crippen LogP contribution in [0.4, 0.5) is 0 Å². The lowest BCUT2D eigenvalue weighted by molar-refractivity contribution is -0.576. The van der Waals surface area contributed by atoms with Crippen LogP contribution in [-0.2, 0) is 43.2 Å². The highest BCUT2D eigenvalue weighted by atomic mass is 17.3. The minimum Gasteiger partial charge on any atom is -0.480 e. The molecule has 3 N–H and O–H groups in total. The van der Waals surface area contributed by atoms with Gasteiger partial charge in [0.05, 0.1) is 6.42 Å². The van der Waals surface area contributed by atoms with E-state index in [1.165, 1.54) is 6.92 Å². The summed E-state index contributed by atoms with van der Waals surface area (Å²) in [5.41, 5.74) is -0.764. The summed E-state index contributed by atoms with van der Waals surface area (Å²) in [6.07, 6.45) is 1.75. The number of esters is 1. The van der Waals surface area contributed by atoms with Crippen LogP contribution in [0.15, 0.2) is 0 Å². The SMILES string of the molecule is CC(C)C[C@H](NC(=O)CCC(=O)O[C@@H]1O[C@H]2O[C@]3(C)CC[C@H]4[C@H](C)CC[C@H]([C@@H]1C)[C@@]24OO3)C(=O)N[C@@H](C)C(=O)O. The van der Waals surface area contributed by atoms with Crippen LogP contribution in [-0.4, -0.2) is 64.9 Å². The fourth-order valence-electron chi connectivity index (χ4n) is 6.76. The number of hydrogen-bond acceptors (Lipinski definition) is 9. The standard InChI is InChI=1S/C28H44N2O10/c1-14(2)13-20(23(33)29-17(5)24(34)35)30-21(31)9-10-22(32)36-25-16(4)19-8-7-15(3)18-11-12-27(6)38-26(37-25)28(18,19)40-39-27/h14-20,25-26H,7-13H2,1-6H3,(H,29,33)(H,30,31)(H,34,35)/t15-,16+,17+,18+,19-,20+,25-,26+,27+,28-/m1/s1. The first kappa shape index (κ1) is 30.7. The quantitative estimate of drug-likeness (QED) is 0.264. The van der Waals surface area contributed by atoms with Crippen molar-refractivity contribution in [3.63, 3.8) is 0 Å². The van der Waals surface area contributed by atoms with Crippen molar-refractivity contribution in [3.05, 3.63) is 0 Å². The molecule has 12 heteroatoms. The predicted octanol–water partition coefficient (Wildman–Crippen LogP) is 2.64. The van der Waals surface area contributed by atoms with Crippen molar-refractivity contribution < 1.29 is 48.3 Å². The van der Waals surface area contributed by atoms with Crippen molar-refractivity contribution in [2.45, 2.75) is 123 Å². The van der Waals surface area contributed by atoms with E-state index in [0.717, 1.165) is 19.3 Å². The molecular weight excluding hydrogens is 524 g/mol. The molecule has 4 heterocycles. The molecule has 2 bridgehead atoms. The topological polar surface area (TPSA) is 159 Å². The normalized spacial score (nSPS) is 38.0. The molecule has 0 aromatic heterocycles. The second kappa shape index (κ2) is 11.9. The maximum atomic E-state index is 12.8. The minimum absolute atomic E-state index is 0.000281. The fourth-order valence-corrected chi connectivity index (χ4v) is 6.76. The van der Waals surface area contributed by atoms with Gasteiger partial charge < -0.3 is 30.0 Å². The molecule has 2 amide bonds. The molecule has 1 spiro atoms. The molecule has 12 nitrogen and oxygen atoms in total. The van der Waals surface area contributed by atoms with Gasteiger partial charge in [0.15, 0.2) is 11.9 Å². The van der Waals surface area contributed by atoms with E-state index in [4.69, 9.17) is 29.1 Å². The Kier molecular flexibility index (Phi) is 9.13. The van der Waals surface area contributed by atoms with E-state index >= 15 is 0 Å². The minimum atomic E-state index is -1.18.